The zero-order valence-electron chi connectivity index (χ0n) is 10.6. The van der Waals surface area contributed by atoms with E-state index in [1.54, 1.807) is 6.07 Å². The van der Waals surface area contributed by atoms with Gasteiger partial charge in [0, 0.05) is 6.04 Å². The number of benzene rings is 1. The van der Waals surface area contributed by atoms with Crippen LogP contribution in [-0.2, 0) is 0 Å². The molecule has 0 saturated heterocycles. The van der Waals surface area contributed by atoms with Crippen LogP contribution in [-0.4, -0.2) is 13.1 Å². The van der Waals surface area contributed by atoms with Crippen LogP contribution < -0.4 is 5.32 Å². The number of nitrogens with one attached hydrogen (secondary N) is 1. The van der Waals surface area contributed by atoms with Gasteiger partial charge in [-0.3, -0.25) is 0 Å². The maximum atomic E-state index is 13.2. The molecule has 1 fully saturated rings. The van der Waals surface area contributed by atoms with Crippen LogP contribution in [0.4, 0.5) is 4.39 Å². The summed E-state index contributed by atoms with van der Waals surface area (Å²) in [6, 6.07) is 5.66. The van der Waals surface area contributed by atoms with Crippen molar-refractivity contribution < 1.29 is 4.39 Å². The lowest BCUT2D eigenvalue weighted by Crippen LogP contribution is -2.55. The molecule has 94 valence electrons. The third-order valence-electron chi connectivity index (χ3n) is 4.52. The van der Waals surface area contributed by atoms with Gasteiger partial charge in [0.05, 0.1) is 5.02 Å². The summed E-state index contributed by atoms with van der Waals surface area (Å²) in [5, 5.41) is 3.59. The predicted molar refractivity (Wildman–Crippen MR) is 70.0 cm³/mol. The first-order valence-corrected chi connectivity index (χ1v) is 6.53. The molecule has 0 aliphatic heterocycles. The Balaban J connectivity index is 2.27. The maximum absolute atomic E-state index is 13.2. The van der Waals surface area contributed by atoms with Gasteiger partial charge in [-0.25, -0.2) is 4.39 Å². The smallest absolute Gasteiger partial charge is 0.141 e. The Morgan fingerprint density at radius 3 is 2.76 bits per heavy atom. The highest BCUT2D eigenvalue weighted by atomic mass is 35.5. The minimum absolute atomic E-state index is 0.230. The van der Waals surface area contributed by atoms with Crippen molar-refractivity contribution in [1.82, 2.24) is 5.32 Å². The molecule has 3 unspecified atom stereocenters. The van der Waals surface area contributed by atoms with Crippen LogP contribution in [0.3, 0.4) is 0 Å². The average molecular weight is 256 g/mol. The van der Waals surface area contributed by atoms with Gasteiger partial charge in [-0.2, -0.15) is 0 Å². The molecule has 2 rings (SSSR count). The number of hydrogen-bond acceptors (Lipinski definition) is 1. The summed E-state index contributed by atoms with van der Waals surface area (Å²) in [6.07, 6.45) is 2.21. The lowest BCUT2D eigenvalue weighted by molar-refractivity contribution is 0.0495. The largest absolute Gasteiger partial charge is 0.316 e. The molecule has 0 aromatic heterocycles. The molecular formula is C14H19ClFN. The van der Waals surface area contributed by atoms with E-state index < -0.39 is 0 Å². The fraction of sp³-hybridized carbons (Fsp3) is 0.571. The van der Waals surface area contributed by atoms with Gasteiger partial charge in [0.1, 0.15) is 5.82 Å². The molecule has 1 aromatic carbocycles. The average Bonchev–Trinajstić information content (AvgIpc) is 2.32. The fourth-order valence-electron chi connectivity index (χ4n) is 3.04. The van der Waals surface area contributed by atoms with Crippen LogP contribution in [0.25, 0.3) is 0 Å². The Labute approximate surface area is 107 Å². The van der Waals surface area contributed by atoms with Crippen LogP contribution in [0.15, 0.2) is 18.2 Å². The summed E-state index contributed by atoms with van der Waals surface area (Å²) >= 11 is 5.85. The highest BCUT2D eigenvalue weighted by Gasteiger charge is 2.49. The monoisotopic (exact) mass is 255 g/mol. The fourth-order valence-corrected chi connectivity index (χ4v) is 3.23. The summed E-state index contributed by atoms with van der Waals surface area (Å²) in [5.41, 5.74) is 1.41. The third-order valence-corrected chi connectivity index (χ3v) is 4.81. The van der Waals surface area contributed by atoms with Crippen molar-refractivity contribution in [1.29, 1.82) is 0 Å². The summed E-state index contributed by atoms with van der Waals surface area (Å²) < 4.78 is 13.2. The second-order valence-corrected chi connectivity index (χ2v) is 5.57. The highest BCUT2D eigenvalue weighted by molar-refractivity contribution is 6.30. The molecule has 3 heteroatoms. The Morgan fingerprint density at radius 2 is 2.24 bits per heavy atom. The van der Waals surface area contributed by atoms with Crippen LogP contribution in [0.5, 0.6) is 0 Å². The first-order chi connectivity index (χ1) is 8.02. The van der Waals surface area contributed by atoms with Crippen LogP contribution in [0, 0.1) is 11.2 Å². The molecule has 0 spiro atoms. The lowest BCUT2D eigenvalue weighted by Gasteiger charge is -2.54. The van der Waals surface area contributed by atoms with Crippen molar-refractivity contribution in [2.24, 2.45) is 5.41 Å². The predicted octanol–water partition coefficient (Wildman–Crippen LogP) is 3.97. The molecule has 0 amide bonds. The number of halogens is 2. The number of rotatable bonds is 3. The van der Waals surface area contributed by atoms with E-state index in [1.165, 1.54) is 6.07 Å². The second-order valence-electron chi connectivity index (χ2n) is 5.16. The second kappa shape index (κ2) is 4.58. The minimum atomic E-state index is -0.335. The van der Waals surface area contributed by atoms with E-state index in [0.717, 1.165) is 18.4 Å². The zero-order valence-corrected chi connectivity index (χ0v) is 11.3. The molecule has 1 saturated carbocycles. The van der Waals surface area contributed by atoms with Crippen molar-refractivity contribution in [3.63, 3.8) is 0 Å². The molecule has 3 atom stereocenters. The van der Waals surface area contributed by atoms with Crippen LogP contribution >= 0.6 is 11.6 Å². The molecule has 17 heavy (non-hydrogen) atoms. The SMILES string of the molecule is CCC1(C)C(NC)CC1c1ccc(F)c(Cl)c1. The van der Waals surface area contributed by atoms with E-state index in [1.807, 2.05) is 13.1 Å². The standard InChI is InChI=1S/C14H19ClFN/c1-4-14(2)10(8-13(14)17-3)9-5-6-12(16)11(15)7-9/h5-7,10,13,17H,4,8H2,1-3H3. The first kappa shape index (κ1) is 12.8. The van der Waals surface area contributed by atoms with E-state index in [-0.39, 0.29) is 16.3 Å². The molecule has 1 nitrogen and oxygen atoms in total. The normalized spacial score (nSPS) is 32.3. The molecule has 0 radical (unpaired) electrons. The van der Waals surface area contributed by atoms with E-state index in [4.69, 9.17) is 11.6 Å². The lowest BCUT2D eigenvalue weighted by atomic mass is 9.54. The summed E-state index contributed by atoms with van der Waals surface area (Å²) in [6.45, 7) is 4.50. The van der Waals surface area contributed by atoms with Crippen molar-refractivity contribution in [3.8, 4) is 0 Å². The Kier molecular flexibility index (Phi) is 3.46. The van der Waals surface area contributed by atoms with E-state index in [0.29, 0.717) is 12.0 Å². The summed E-state index contributed by atoms with van der Waals surface area (Å²) in [7, 11) is 2.01. The molecule has 0 bridgehead atoms. The first-order valence-electron chi connectivity index (χ1n) is 6.15. The maximum Gasteiger partial charge on any atom is 0.141 e. The van der Waals surface area contributed by atoms with Gasteiger partial charge in [0.15, 0.2) is 0 Å². The van der Waals surface area contributed by atoms with Crippen LogP contribution in [0.1, 0.15) is 38.2 Å². The van der Waals surface area contributed by atoms with Crippen molar-refractivity contribution >= 4 is 11.6 Å². The van der Waals surface area contributed by atoms with E-state index in [2.05, 4.69) is 19.2 Å². The summed E-state index contributed by atoms with van der Waals surface area (Å²) in [4.78, 5) is 0. The van der Waals surface area contributed by atoms with Crippen molar-refractivity contribution in [3.05, 3.63) is 34.6 Å². The van der Waals surface area contributed by atoms with Gasteiger partial charge in [-0.05, 0) is 48.9 Å². The van der Waals surface area contributed by atoms with Crippen molar-refractivity contribution in [2.45, 2.75) is 38.6 Å². The minimum Gasteiger partial charge on any atom is -0.316 e. The molecule has 1 aromatic rings. The number of hydrogen-bond donors (Lipinski definition) is 1. The zero-order chi connectivity index (χ0) is 12.6. The third kappa shape index (κ3) is 1.98. The highest BCUT2D eigenvalue weighted by Crippen LogP contribution is 2.54. The molecular weight excluding hydrogens is 237 g/mol. The molecule has 1 aliphatic rings. The van der Waals surface area contributed by atoms with E-state index in [9.17, 15) is 4.39 Å². The van der Waals surface area contributed by atoms with Gasteiger partial charge in [-0.1, -0.05) is 31.5 Å². The Hall–Kier alpha value is -0.600. The van der Waals surface area contributed by atoms with Crippen LogP contribution in [0.2, 0.25) is 5.02 Å². The summed E-state index contributed by atoms with van der Waals surface area (Å²) in [5.74, 6) is 0.140. The van der Waals surface area contributed by atoms with Gasteiger partial charge in [0.25, 0.3) is 0 Å². The quantitative estimate of drug-likeness (QED) is 0.862. The topological polar surface area (TPSA) is 12.0 Å². The molecule has 1 N–H and O–H groups in total. The van der Waals surface area contributed by atoms with Gasteiger partial charge in [0.2, 0.25) is 0 Å². The van der Waals surface area contributed by atoms with Crippen molar-refractivity contribution in [2.75, 3.05) is 7.05 Å². The van der Waals surface area contributed by atoms with Gasteiger partial charge >= 0.3 is 0 Å². The van der Waals surface area contributed by atoms with Gasteiger partial charge < -0.3 is 5.32 Å². The van der Waals surface area contributed by atoms with E-state index >= 15 is 0 Å². The Bertz CT molecular complexity index is 421. The molecule has 0 heterocycles. The van der Waals surface area contributed by atoms with Gasteiger partial charge in [-0.15, -0.1) is 0 Å². The molecule has 1 aliphatic carbocycles. The Morgan fingerprint density at radius 1 is 1.53 bits per heavy atom.